The lowest BCUT2D eigenvalue weighted by Crippen LogP contribution is -2.35. The van der Waals surface area contributed by atoms with Gasteiger partial charge in [0.15, 0.2) is 0 Å². The van der Waals surface area contributed by atoms with Crippen LogP contribution in [-0.2, 0) is 5.92 Å². The number of aromatic nitrogens is 1. The molecule has 0 bridgehead atoms. The van der Waals surface area contributed by atoms with Crippen molar-refractivity contribution in [1.82, 2.24) is 4.98 Å². The highest BCUT2D eigenvalue weighted by Crippen LogP contribution is 2.44. The van der Waals surface area contributed by atoms with Crippen molar-refractivity contribution >= 4 is 5.97 Å². The molecule has 88 valence electrons. The van der Waals surface area contributed by atoms with Crippen molar-refractivity contribution in [2.24, 2.45) is 0 Å². The van der Waals surface area contributed by atoms with E-state index < -0.39 is 29.2 Å². The maximum atomic E-state index is 12.9. The highest BCUT2D eigenvalue weighted by Gasteiger charge is 2.60. The summed E-state index contributed by atoms with van der Waals surface area (Å²) < 4.78 is 61.7. The first-order chi connectivity index (χ1) is 7.18. The van der Waals surface area contributed by atoms with E-state index in [-0.39, 0.29) is 0 Å². The molecule has 1 N–H and O–H groups in total. The van der Waals surface area contributed by atoms with Crippen molar-refractivity contribution in [3.8, 4) is 0 Å². The Bertz CT molecular complexity index is 415. The normalized spacial score (nSPS) is 12.6. The molecule has 0 fully saturated rings. The van der Waals surface area contributed by atoms with Crippen molar-refractivity contribution in [3.05, 3.63) is 29.6 Å². The summed E-state index contributed by atoms with van der Waals surface area (Å²) in [6.45, 7) is 0. The summed E-state index contributed by atoms with van der Waals surface area (Å²) in [6, 6.07) is 0.330. The third kappa shape index (κ3) is 1.95. The van der Waals surface area contributed by atoms with Crippen LogP contribution in [-0.4, -0.2) is 22.2 Å². The first kappa shape index (κ1) is 12.3. The standard InChI is InChI=1S/C8H4F5NO2/c9-7(10,8(11,12)13)5-1-2-14-3-4(5)6(15)16/h1-3H,(H,15,16). The fourth-order valence-corrected chi connectivity index (χ4v) is 0.991. The number of aromatic carboxylic acids is 1. The second-order valence-electron chi connectivity index (χ2n) is 2.80. The molecule has 8 heteroatoms. The van der Waals surface area contributed by atoms with Crippen molar-refractivity contribution in [2.45, 2.75) is 12.1 Å². The molecule has 0 amide bonds. The van der Waals surface area contributed by atoms with Crippen LogP contribution in [0.4, 0.5) is 22.0 Å². The molecule has 1 rings (SSSR count). The summed E-state index contributed by atoms with van der Waals surface area (Å²) in [5, 5.41) is 8.45. The number of halogens is 5. The zero-order valence-corrected chi connectivity index (χ0v) is 7.42. The predicted octanol–water partition coefficient (Wildman–Crippen LogP) is 2.43. The number of carboxylic acid groups (broad SMARTS) is 1. The van der Waals surface area contributed by atoms with Gasteiger partial charge in [-0.2, -0.15) is 22.0 Å². The third-order valence-corrected chi connectivity index (χ3v) is 1.75. The van der Waals surface area contributed by atoms with Crippen LogP contribution in [0.3, 0.4) is 0 Å². The first-order valence-electron chi connectivity index (χ1n) is 3.80. The van der Waals surface area contributed by atoms with Crippen LogP contribution < -0.4 is 0 Å². The zero-order valence-electron chi connectivity index (χ0n) is 7.42. The molecule has 1 heterocycles. The average molecular weight is 241 g/mol. The Morgan fingerprint density at radius 1 is 1.25 bits per heavy atom. The van der Waals surface area contributed by atoms with Crippen molar-refractivity contribution < 1.29 is 31.9 Å². The summed E-state index contributed by atoms with van der Waals surface area (Å²) >= 11 is 0. The maximum absolute atomic E-state index is 12.9. The lowest BCUT2D eigenvalue weighted by molar-refractivity contribution is -0.289. The molecular weight excluding hydrogens is 237 g/mol. The lowest BCUT2D eigenvalue weighted by atomic mass is 10.0. The van der Waals surface area contributed by atoms with Crippen LogP contribution >= 0.6 is 0 Å². The Hall–Kier alpha value is -1.73. The van der Waals surface area contributed by atoms with E-state index in [1.165, 1.54) is 0 Å². The molecule has 16 heavy (non-hydrogen) atoms. The maximum Gasteiger partial charge on any atom is 0.458 e. The van der Waals surface area contributed by atoms with E-state index in [2.05, 4.69) is 4.98 Å². The van der Waals surface area contributed by atoms with Gasteiger partial charge in [0.1, 0.15) is 0 Å². The van der Waals surface area contributed by atoms with Crippen LogP contribution in [0.5, 0.6) is 0 Å². The van der Waals surface area contributed by atoms with E-state index in [4.69, 9.17) is 5.11 Å². The number of nitrogens with zero attached hydrogens (tertiary/aromatic N) is 1. The van der Waals surface area contributed by atoms with Gasteiger partial charge in [-0.1, -0.05) is 0 Å². The molecule has 0 aromatic carbocycles. The average Bonchev–Trinajstić information content (AvgIpc) is 2.16. The van der Waals surface area contributed by atoms with Crippen LogP contribution in [0.25, 0.3) is 0 Å². The summed E-state index contributed by atoms with van der Waals surface area (Å²) in [6.07, 6.45) is -4.74. The van der Waals surface area contributed by atoms with Gasteiger partial charge in [-0.25, -0.2) is 4.79 Å². The number of hydrogen-bond donors (Lipinski definition) is 1. The summed E-state index contributed by atoms with van der Waals surface area (Å²) in [7, 11) is 0. The second kappa shape index (κ2) is 3.69. The van der Waals surface area contributed by atoms with E-state index >= 15 is 0 Å². The smallest absolute Gasteiger partial charge is 0.458 e. The van der Waals surface area contributed by atoms with Gasteiger partial charge in [-0.3, -0.25) is 4.98 Å². The fraction of sp³-hybridized carbons (Fsp3) is 0.250. The van der Waals surface area contributed by atoms with Crippen molar-refractivity contribution in [3.63, 3.8) is 0 Å². The quantitative estimate of drug-likeness (QED) is 0.809. The Labute approximate surface area is 85.5 Å². The zero-order chi connectivity index (χ0) is 12.6. The van der Waals surface area contributed by atoms with Crippen molar-refractivity contribution in [2.75, 3.05) is 0 Å². The predicted molar refractivity (Wildman–Crippen MR) is 41.1 cm³/mol. The Balaban J connectivity index is 3.39. The molecule has 1 aromatic heterocycles. The largest absolute Gasteiger partial charge is 0.478 e. The van der Waals surface area contributed by atoms with Crippen LogP contribution in [0.1, 0.15) is 15.9 Å². The van der Waals surface area contributed by atoms with Crippen LogP contribution in [0, 0.1) is 0 Å². The molecular formula is C8H4F5NO2. The second-order valence-corrected chi connectivity index (χ2v) is 2.80. The van der Waals surface area contributed by atoms with Crippen molar-refractivity contribution in [1.29, 1.82) is 0 Å². The Kier molecular flexibility index (Phi) is 2.85. The van der Waals surface area contributed by atoms with E-state index in [1.807, 2.05) is 0 Å². The molecule has 0 atom stereocenters. The highest BCUT2D eigenvalue weighted by atomic mass is 19.4. The minimum absolute atomic E-state index is 0.330. The molecule has 0 aliphatic rings. The molecule has 0 aliphatic heterocycles. The molecule has 1 aromatic rings. The molecule has 0 saturated heterocycles. The van der Waals surface area contributed by atoms with Gasteiger partial charge >= 0.3 is 18.1 Å². The van der Waals surface area contributed by atoms with Crippen LogP contribution in [0.2, 0.25) is 0 Å². The number of rotatable bonds is 2. The molecule has 3 nitrogen and oxygen atoms in total. The minimum atomic E-state index is -5.85. The monoisotopic (exact) mass is 241 g/mol. The Morgan fingerprint density at radius 3 is 2.25 bits per heavy atom. The van der Waals surface area contributed by atoms with E-state index in [9.17, 15) is 26.7 Å². The summed E-state index contributed by atoms with van der Waals surface area (Å²) in [5.41, 5.74) is -2.80. The molecule has 0 unspecified atom stereocenters. The van der Waals surface area contributed by atoms with Gasteiger partial charge in [-0.15, -0.1) is 0 Å². The van der Waals surface area contributed by atoms with Gasteiger partial charge in [0.2, 0.25) is 0 Å². The van der Waals surface area contributed by atoms with Gasteiger partial charge in [0, 0.05) is 18.0 Å². The van der Waals surface area contributed by atoms with Gasteiger partial charge in [0.25, 0.3) is 0 Å². The molecule has 0 aliphatic carbocycles. The number of alkyl halides is 5. The number of hydrogen-bond acceptors (Lipinski definition) is 2. The minimum Gasteiger partial charge on any atom is -0.478 e. The lowest BCUT2D eigenvalue weighted by Gasteiger charge is -2.20. The SMILES string of the molecule is O=C(O)c1cnccc1C(F)(F)C(F)(F)F. The van der Waals surface area contributed by atoms with E-state index in [0.29, 0.717) is 18.5 Å². The van der Waals surface area contributed by atoms with Gasteiger partial charge in [-0.05, 0) is 6.07 Å². The fourth-order valence-electron chi connectivity index (χ4n) is 0.991. The first-order valence-corrected chi connectivity index (χ1v) is 3.80. The molecule has 0 saturated carbocycles. The highest BCUT2D eigenvalue weighted by molar-refractivity contribution is 5.89. The molecule has 0 spiro atoms. The van der Waals surface area contributed by atoms with Gasteiger partial charge in [0.05, 0.1) is 5.56 Å². The third-order valence-electron chi connectivity index (χ3n) is 1.75. The number of pyridine rings is 1. The number of carboxylic acids is 1. The topological polar surface area (TPSA) is 50.2 Å². The van der Waals surface area contributed by atoms with Gasteiger partial charge < -0.3 is 5.11 Å². The van der Waals surface area contributed by atoms with E-state index in [1.54, 1.807) is 0 Å². The van der Waals surface area contributed by atoms with E-state index in [0.717, 1.165) is 0 Å². The molecule has 0 radical (unpaired) electrons. The number of carbonyl (C=O) groups is 1. The summed E-state index contributed by atoms with van der Waals surface area (Å²) in [5.74, 6) is -7.11. The van der Waals surface area contributed by atoms with Crippen LogP contribution in [0.15, 0.2) is 18.5 Å². The Morgan fingerprint density at radius 2 is 1.81 bits per heavy atom. The summed E-state index contributed by atoms with van der Waals surface area (Å²) in [4.78, 5) is 13.6.